The Hall–Kier alpha value is -0.610. The fourth-order valence-corrected chi connectivity index (χ4v) is 4.91. The van der Waals surface area contributed by atoms with Crippen molar-refractivity contribution >= 4 is 5.91 Å². The molecule has 1 amide bonds. The van der Waals surface area contributed by atoms with Crippen LogP contribution in [-0.4, -0.2) is 73.5 Å². The van der Waals surface area contributed by atoms with Crippen LogP contribution in [-0.2, 0) is 4.79 Å². The molecule has 1 saturated carbocycles. The Balaban J connectivity index is 1.30. The minimum absolute atomic E-state index is 0.326. The van der Waals surface area contributed by atoms with Crippen molar-refractivity contribution in [2.45, 2.75) is 58.3 Å². The second-order valence-corrected chi connectivity index (χ2v) is 9.01. The molecule has 4 nitrogen and oxygen atoms in total. The quantitative estimate of drug-likeness (QED) is 0.763. The summed E-state index contributed by atoms with van der Waals surface area (Å²) in [5.41, 5.74) is 0. The Labute approximate surface area is 154 Å². The van der Waals surface area contributed by atoms with Gasteiger partial charge < -0.3 is 9.80 Å². The van der Waals surface area contributed by atoms with Crippen LogP contribution in [0.25, 0.3) is 0 Å². The second-order valence-electron chi connectivity index (χ2n) is 9.01. The van der Waals surface area contributed by atoms with Crippen LogP contribution < -0.4 is 0 Å². The monoisotopic (exact) mass is 349 g/mol. The van der Waals surface area contributed by atoms with Gasteiger partial charge in [-0.2, -0.15) is 0 Å². The van der Waals surface area contributed by atoms with Gasteiger partial charge >= 0.3 is 0 Å². The lowest BCUT2D eigenvalue weighted by atomic mass is 9.82. The summed E-state index contributed by atoms with van der Waals surface area (Å²) in [7, 11) is 2.24. The number of rotatable bonds is 5. The van der Waals surface area contributed by atoms with E-state index in [-0.39, 0.29) is 0 Å². The van der Waals surface area contributed by atoms with E-state index < -0.39 is 0 Å². The number of hydrogen-bond donors (Lipinski definition) is 0. The zero-order valence-corrected chi connectivity index (χ0v) is 16.6. The third kappa shape index (κ3) is 5.68. The Morgan fingerprint density at radius 3 is 2.16 bits per heavy atom. The largest absolute Gasteiger partial charge is 0.340 e. The van der Waals surface area contributed by atoms with E-state index in [2.05, 4.69) is 28.7 Å². The van der Waals surface area contributed by atoms with E-state index >= 15 is 0 Å². The molecule has 0 radical (unpaired) electrons. The Kier molecular flexibility index (Phi) is 7.18. The highest BCUT2D eigenvalue weighted by Crippen LogP contribution is 2.30. The van der Waals surface area contributed by atoms with Gasteiger partial charge in [-0.25, -0.2) is 0 Å². The average Bonchev–Trinajstić information content (AvgIpc) is 2.64. The fourth-order valence-electron chi connectivity index (χ4n) is 4.91. The van der Waals surface area contributed by atoms with E-state index in [1.54, 1.807) is 0 Å². The van der Waals surface area contributed by atoms with Crippen LogP contribution in [0, 0.1) is 17.8 Å². The summed E-state index contributed by atoms with van der Waals surface area (Å²) in [4.78, 5) is 19.9. The minimum atomic E-state index is 0.326. The molecule has 2 aliphatic heterocycles. The number of hydrogen-bond acceptors (Lipinski definition) is 3. The molecule has 0 aromatic rings. The third-order valence-electron chi connectivity index (χ3n) is 6.97. The van der Waals surface area contributed by atoms with E-state index in [0.717, 1.165) is 50.9 Å². The number of nitrogens with zero attached hydrogens (tertiary/aromatic N) is 3. The summed E-state index contributed by atoms with van der Waals surface area (Å²) in [5.74, 6) is 2.56. The van der Waals surface area contributed by atoms with Crippen molar-refractivity contribution in [2.75, 3.05) is 52.9 Å². The van der Waals surface area contributed by atoms with Crippen molar-refractivity contribution in [2.24, 2.45) is 17.8 Å². The fraction of sp³-hybridized carbons (Fsp3) is 0.952. The third-order valence-corrected chi connectivity index (χ3v) is 6.97. The molecule has 144 valence electrons. The zero-order chi connectivity index (χ0) is 17.6. The first-order valence-electron chi connectivity index (χ1n) is 10.8. The first-order valence-corrected chi connectivity index (χ1v) is 10.8. The Morgan fingerprint density at radius 2 is 1.52 bits per heavy atom. The summed E-state index contributed by atoms with van der Waals surface area (Å²) >= 11 is 0. The van der Waals surface area contributed by atoms with Gasteiger partial charge in [0.1, 0.15) is 0 Å². The number of piperidine rings is 1. The molecule has 0 atom stereocenters. The standard InChI is InChI=1S/C21H39N3O/c1-18-5-7-20(8-6-18)21(25)24-16-14-23(15-17-24)11-3-4-19-9-12-22(2)13-10-19/h18-20H,3-17H2,1-2H3. The number of carbonyl (C=O) groups is 1. The molecule has 0 aromatic carbocycles. The van der Waals surface area contributed by atoms with Crippen LogP contribution >= 0.6 is 0 Å². The van der Waals surface area contributed by atoms with Gasteiger partial charge in [-0.15, -0.1) is 0 Å². The molecule has 2 saturated heterocycles. The Morgan fingerprint density at radius 1 is 0.880 bits per heavy atom. The van der Waals surface area contributed by atoms with Crippen molar-refractivity contribution < 1.29 is 4.79 Å². The summed E-state index contributed by atoms with van der Waals surface area (Å²) in [6, 6.07) is 0. The predicted octanol–water partition coefficient (Wildman–Crippen LogP) is 3.08. The molecule has 0 aromatic heterocycles. The van der Waals surface area contributed by atoms with Gasteiger partial charge in [0.25, 0.3) is 0 Å². The number of likely N-dealkylation sites (tertiary alicyclic amines) is 1. The van der Waals surface area contributed by atoms with Crippen molar-refractivity contribution in [3.05, 3.63) is 0 Å². The molecule has 4 heteroatoms. The van der Waals surface area contributed by atoms with E-state index in [0.29, 0.717) is 11.8 Å². The van der Waals surface area contributed by atoms with Crippen LogP contribution in [0.1, 0.15) is 58.3 Å². The van der Waals surface area contributed by atoms with Crippen molar-refractivity contribution in [1.29, 1.82) is 0 Å². The first-order chi connectivity index (χ1) is 12.1. The minimum Gasteiger partial charge on any atom is -0.340 e. The number of amides is 1. The van der Waals surface area contributed by atoms with Crippen LogP contribution in [0.2, 0.25) is 0 Å². The molecule has 3 rings (SSSR count). The molecular weight excluding hydrogens is 310 g/mol. The van der Waals surface area contributed by atoms with E-state index in [4.69, 9.17) is 0 Å². The molecular formula is C21H39N3O. The lowest BCUT2D eigenvalue weighted by Crippen LogP contribution is -2.50. The highest BCUT2D eigenvalue weighted by molar-refractivity contribution is 5.79. The maximum Gasteiger partial charge on any atom is 0.225 e. The van der Waals surface area contributed by atoms with Crippen molar-refractivity contribution in [3.8, 4) is 0 Å². The topological polar surface area (TPSA) is 26.8 Å². The van der Waals surface area contributed by atoms with Crippen LogP contribution in [0.5, 0.6) is 0 Å². The van der Waals surface area contributed by atoms with Gasteiger partial charge in [0.05, 0.1) is 0 Å². The summed E-state index contributed by atoms with van der Waals surface area (Å²) < 4.78 is 0. The molecule has 1 aliphatic carbocycles. The van der Waals surface area contributed by atoms with Crippen molar-refractivity contribution in [3.63, 3.8) is 0 Å². The molecule has 0 unspecified atom stereocenters. The normalized spacial score (nSPS) is 30.6. The predicted molar refractivity (Wildman–Crippen MR) is 104 cm³/mol. The second kappa shape index (κ2) is 9.36. The first kappa shape index (κ1) is 19.2. The van der Waals surface area contributed by atoms with Gasteiger partial charge in [-0.05, 0) is 89.9 Å². The highest BCUT2D eigenvalue weighted by atomic mass is 16.2. The van der Waals surface area contributed by atoms with Gasteiger partial charge in [-0.1, -0.05) is 6.92 Å². The van der Waals surface area contributed by atoms with E-state index in [9.17, 15) is 4.79 Å². The molecule has 3 aliphatic rings. The number of carbonyl (C=O) groups excluding carboxylic acids is 1. The number of piperazine rings is 1. The smallest absolute Gasteiger partial charge is 0.225 e. The summed E-state index contributed by atoms with van der Waals surface area (Å²) in [5, 5.41) is 0. The highest BCUT2D eigenvalue weighted by Gasteiger charge is 2.30. The van der Waals surface area contributed by atoms with Gasteiger partial charge in [0.15, 0.2) is 0 Å². The van der Waals surface area contributed by atoms with Gasteiger partial charge in [-0.3, -0.25) is 9.69 Å². The van der Waals surface area contributed by atoms with Gasteiger partial charge in [0.2, 0.25) is 5.91 Å². The molecule has 25 heavy (non-hydrogen) atoms. The van der Waals surface area contributed by atoms with Crippen LogP contribution in [0.4, 0.5) is 0 Å². The lowest BCUT2D eigenvalue weighted by molar-refractivity contribution is -0.138. The molecule has 3 fully saturated rings. The maximum absolute atomic E-state index is 12.7. The SMILES string of the molecule is CC1CCC(C(=O)N2CCN(CCCC3CCN(C)CC3)CC2)CC1. The van der Waals surface area contributed by atoms with E-state index in [1.165, 1.54) is 58.2 Å². The summed E-state index contributed by atoms with van der Waals surface area (Å²) in [6.45, 7) is 10.2. The molecule has 0 spiro atoms. The van der Waals surface area contributed by atoms with Gasteiger partial charge in [0, 0.05) is 32.1 Å². The molecule has 0 bridgehead atoms. The van der Waals surface area contributed by atoms with Crippen LogP contribution in [0.15, 0.2) is 0 Å². The zero-order valence-electron chi connectivity index (χ0n) is 16.6. The lowest BCUT2D eigenvalue weighted by Gasteiger charge is -2.38. The maximum atomic E-state index is 12.7. The average molecular weight is 350 g/mol. The van der Waals surface area contributed by atoms with E-state index in [1.807, 2.05) is 0 Å². The molecule has 0 N–H and O–H groups in total. The Bertz CT molecular complexity index is 403. The summed E-state index contributed by atoms with van der Waals surface area (Å²) in [6.07, 6.45) is 10.2. The molecule has 2 heterocycles. The van der Waals surface area contributed by atoms with Crippen LogP contribution in [0.3, 0.4) is 0 Å². The van der Waals surface area contributed by atoms with Crippen molar-refractivity contribution in [1.82, 2.24) is 14.7 Å².